The van der Waals surface area contributed by atoms with Crippen molar-refractivity contribution in [2.45, 2.75) is 19.4 Å². The lowest BCUT2D eigenvalue weighted by Gasteiger charge is -2.32. The zero-order chi connectivity index (χ0) is 17.7. The third-order valence-corrected chi connectivity index (χ3v) is 5.82. The maximum absolute atomic E-state index is 12.5. The Morgan fingerprint density at radius 2 is 2.00 bits per heavy atom. The Labute approximate surface area is 147 Å². The minimum Gasteiger partial charge on any atom is -0.468 e. The summed E-state index contributed by atoms with van der Waals surface area (Å²) < 4.78 is 32.3. The summed E-state index contributed by atoms with van der Waals surface area (Å²) in [5, 5.41) is 0. The molecular formula is C18H22N2O4S. The number of carbonyl (C=O) groups is 1. The van der Waals surface area contributed by atoms with Crippen LogP contribution in [0.2, 0.25) is 0 Å². The number of furan rings is 1. The van der Waals surface area contributed by atoms with Gasteiger partial charge in [0, 0.05) is 18.7 Å². The Morgan fingerprint density at radius 3 is 2.72 bits per heavy atom. The van der Waals surface area contributed by atoms with Gasteiger partial charge in [0.1, 0.15) is 5.76 Å². The highest BCUT2D eigenvalue weighted by molar-refractivity contribution is 7.89. The molecule has 1 amide bonds. The van der Waals surface area contributed by atoms with Crippen LogP contribution in [0.15, 0.2) is 53.1 Å². The second kappa shape index (κ2) is 7.84. The molecule has 1 aliphatic heterocycles. The summed E-state index contributed by atoms with van der Waals surface area (Å²) in [5.41, 5.74) is 0.641. The molecule has 2 aromatic rings. The lowest BCUT2D eigenvalue weighted by Crippen LogP contribution is -2.43. The number of hydrogen-bond donors (Lipinski definition) is 1. The van der Waals surface area contributed by atoms with Crippen LogP contribution >= 0.6 is 0 Å². The van der Waals surface area contributed by atoms with E-state index in [0.29, 0.717) is 24.4 Å². The molecule has 1 atom stereocenters. The third kappa shape index (κ3) is 4.93. The predicted molar refractivity (Wildman–Crippen MR) is 94.4 cm³/mol. The van der Waals surface area contributed by atoms with Gasteiger partial charge >= 0.3 is 0 Å². The number of piperidine rings is 1. The maximum Gasteiger partial charge on any atom is 0.253 e. The second-order valence-electron chi connectivity index (χ2n) is 6.31. The summed E-state index contributed by atoms with van der Waals surface area (Å²) in [7, 11) is -3.42. The van der Waals surface area contributed by atoms with Crippen molar-refractivity contribution in [1.29, 1.82) is 0 Å². The molecule has 1 aromatic carbocycles. The molecule has 0 radical (unpaired) electrons. The van der Waals surface area contributed by atoms with E-state index in [9.17, 15) is 13.2 Å². The van der Waals surface area contributed by atoms with Crippen molar-refractivity contribution in [3.8, 4) is 0 Å². The van der Waals surface area contributed by atoms with Gasteiger partial charge in [-0.3, -0.25) is 4.79 Å². The van der Waals surface area contributed by atoms with E-state index in [0.717, 1.165) is 12.8 Å². The van der Waals surface area contributed by atoms with Crippen LogP contribution < -0.4 is 4.72 Å². The summed E-state index contributed by atoms with van der Waals surface area (Å²) in [5.74, 6) is 0.501. The Morgan fingerprint density at radius 1 is 1.20 bits per heavy atom. The highest BCUT2D eigenvalue weighted by atomic mass is 32.2. The highest BCUT2D eigenvalue weighted by Crippen LogP contribution is 2.20. The van der Waals surface area contributed by atoms with Crippen LogP contribution in [-0.2, 0) is 16.6 Å². The van der Waals surface area contributed by atoms with Crippen molar-refractivity contribution in [2.75, 3.05) is 18.8 Å². The van der Waals surface area contributed by atoms with Gasteiger partial charge in [-0.15, -0.1) is 0 Å². The molecular weight excluding hydrogens is 340 g/mol. The predicted octanol–water partition coefficient (Wildman–Crippen LogP) is 2.25. The molecule has 0 bridgehead atoms. The number of benzene rings is 1. The second-order valence-corrected chi connectivity index (χ2v) is 8.16. The molecule has 7 heteroatoms. The molecule has 1 aromatic heterocycles. The van der Waals surface area contributed by atoms with Crippen LogP contribution in [0, 0.1) is 5.92 Å². The van der Waals surface area contributed by atoms with E-state index in [1.54, 1.807) is 29.2 Å². The summed E-state index contributed by atoms with van der Waals surface area (Å²) >= 11 is 0. The van der Waals surface area contributed by atoms with E-state index >= 15 is 0 Å². The first-order valence-electron chi connectivity index (χ1n) is 8.37. The molecule has 1 fully saturated rings. The van der Waals surface area contributed by atoms with Gasteiger partial charge in [-0.1, -0.05) is 18.2 Å². The Kier molecular flexibility index (Phi) is 5.55. The molecule has 2 heterocycles. The molecule has 0 aliphatic carbocycles. The number of likely N-dealkylation sites (tertiary alicyclic amines) is 1. The molecule has 0 unspecified atom stereocenters. The molecule has 134 valence electrons. The van der Waals surface area contributed by atoms with Gasteiger partial charge in [-0.25, -0.2) is 13.1 Å². The zero-order valence-electron chi connectivity index (χ0n) is 13.9. The number of nitrogens with zero attached hydrogens (tertiary/aromatic N) is 1. The molecule has 25 heavy (non-hydrogen) atoms. The number of amides is 1. The van der Waals surface area contributed by atoms with Crippen molar-refractivity contribution in [3.63, 3.8) is 0 Å². The van der Waals surface area contributed by atoms with Crippen LogP contribution in [0.5, 0.6) is 0 Å². The SMILES string of the molecule is O=C(c1ccccc1)N1CCC[C@H](CS(=O)(=O)NCc2ccco2)C1. The van der Waals surface area contributed by atoms with E-state index in [-0.39, 0.29) is 24.1 Å². The molecule has 1 N–H and O–H groups in total. The molecule has 0 saturated carbocycles. The molecule has 3 rings (SSSR count). The van der Waals surface area contributed by atoms with Gasteiger partial charge < -0.3 is 9.32 Å². The van der Waals surface area contributed by atoms with Gasteiger partial charge in [0.25, 0.3) is 5.91 Å². The lowest BCUT2D eigenvalue weighted by molar-refractivity contribution is 0.0684. The van der Waals surface area contributed by atoms with E-state index in [1.165, 1.54) is 6.26 Å². The normalized spacial score (nSPS) is 18.2. The number of hydrogen-bond acceptors (Lipinski definition) is 4. The topological polar surface area (TPSA) is 79.6 Å². The van der Waals surface area contributed by atoms with Crippen molar-refractivity contribution >= 4 is 15.9 Å². The van der Waals surface area contributed by atoms with Crippen LogP contribution in [0.25, 0.3) is 0 Å². The monoisotopic (exact) mass is 362 g/mol. The standard InChI is InChI=1S/C18H22N2O4S/c21-18(16-7-2-1-3-8-16)20-10-4-6-15(13-20)14-25(22,23)19-12-17-9-5-11-24-17/h1-3,5,7-9,11,15,19H,4,6,10,12-14H2/t15-/m0/s1. The summed E-state index contributed by atoms with van der Waals surface area (Å²) in [6.45, 7) is 1.29. The van der Waals surface area contributed by atoms with Crippen molar-refractivity contribution in [1.82, 2.24) is 9.62 Å². The van der Waals surface area contributed by atoms with Gasteiger partial charge in [-0.05, 0) is 43.0 Å². The highest BCUT2D eigenvalue weighted by Gasteiger charge is 2.28. The maximum atomic E-state index is 12.5. The summed E-state index contributed by atoms with van der Waals surface area (Å²) in [4.78, 5) is 14.3. The zero-order valence-corrected chi connectivity index (χ0v) is 14.7. The van der Waals surface area contributed by atoms with E-state index in [2.05, 4.69) is 4.72 Å². The van der Waals surface area contributed by atoms with Crippen molar-refractivity contribution in [3.05, 3.63) is 60.1 Å². The first-order valence-corrected chi connectivity index (χ1v) is 10.0. The van der Waals surface area contributed by atoms with Gasteiger partial charge in [0.2, 0.25) is 10.0 Å². The molecule has 1 saturated heterocycles. The fourth-order valence-corrected chi connectivity index (χ4v) is 4.49. The van der Waals surface area contributed by atoms with Crippen LogP contribution in [0.3, 0.4) is 0 Å². The average molecular weight is 362 g/mol. The van der Waals surface area contributed by atoms with Crippen molar-refractivity contribution in [2.24, 2.45) is 5.92 Å². The lowest BCUT2D eigenvalue weighted by atomic mass is 9.99. The minimum absolute atomic E-state index is 0.0201. The Bertz CT molecular complexity index is 788. The van der Waals surface area contributed by atoms with E-state index in [4.69, 9.17) is 4.42 Å². The van der Waals surface area contributed by atoms with Crippen LogP contribution in [-0.4, -0.2) is 38.1 Å². The number of nitrogens with one attached hydrogen (secondary N) is 1. The van der Waals surface area contributed by atoms with Gasteiger partial charge in [0.05, 0.1) is 18.6 Å². The van der Waals surface area contributed by atoms with Gasteiger partial charge in [-0.2, -0.15) is 0 Å². The van der Waals surface area contributed by atoms with E-state index < -0.39 is 10.0 Å². The first kappa shape index (κ1) is 17.7. The van der Waals surface area contributed by atoms with Crippen molar-refractivity contribution < 1.29 is 17.6 Å². The smallest absolute Gasteiger partial charge is 0.253 e. The third-order valence-electron chi connectivity index (χ3n) is 4.33. The molecule has 0 spiro atoms. The Hall–Kier alpha value is -2.12. The van der Waals surface area contributed by atoms with E-state index in [1.807, 2.05) is 18.2 Å². The largest absolute Gasteiger partial charge is 0.468 e. The molecule has 1 aliphatic rings. The number of sulfonamides is 1. The molecule has 6 nitrogen and oxygen atoms in total. The Balaban J connectivity index is 1.56. The summed E-state index contributed by atoms with van der Waals surface area (Å²) in [6.07, 6.45) is 3.13. The number of carbonyl (C=O) groups excluding carboxylic acids is 1. The van der Waals surface area contributed by atoms with Crippen LogP contribution in [0.1, 0.15) is 29.0 Å². The fraction of sp³-hybridized carbons (Fsp3) is 0.389. The van der Waals surface area contributed by atoms with Crippen LogP contribution in [0.4, 0.5) is 0 Å². The first-order chi connectivity index (χ1) is 12.0. The average Bonchev–Trinajstić information content (AvgIpc) is 3.14. The minimum atomic E-state index is -3.42. The fourth-order valence-electron chi connectivity index (χ4n) is 3.11. The summed E-state index contributed by atoms with van der Waals surface area (Å²) in [6, 6.07) is 12.5. The quantitative estimate of drug-likeness (QED) is 0.855. The van der Waals surface area contributed by atoms with Gasteiger partial charge in [0.15, 0.2) is 0 Å². The number of rotatable bonds is 6.